The number of rotatable bonds is 7. The van der Waals surface area contributed by atoms with Crippen LogP contribution in [0.3, 0.4) is 0 Å². The summed E-state index contributed by atoms with van der Waals surface area (Å²) in [5.41, 5.74) is 5.50. The van der Waals surface area contributed by atoms with Gasteiger partial charge in [0, 0.05) is 22.7 Å². The van der Waals surface area contributed by atoms with Crippen LogP contribution in [0, 0.1) is 0 Å². The zero-order chi connectivity index (χ0) is 19.6. The molecule has 2 rings (SSSR count). The number of hydrazine groups is 1. The van der Waals surface area contributed by atoms with Crippen LogP contribution in [0.5, 0.6) is 5.75 Å². The summed E-state index contributed by atoms with van der Waals surface area (Å²) < 4.78 is 5.27. The normalized spacial score (nSPS) is 10.0. The van der Waals surface area contributed by atoms with Crippen molar-refractivity contribution in [3.63, 3.8) is 0 Å². The Morgan fingerprint density at radius 3 is 2.22 bits per heavy atom. The highest BCUT2D eigenvalue weighted by Gasteiger charge is 2.09. The molecule has 0 aliphatic heterocycles. The molecule has 0 unspecified atom stereocenters. The van der Waals surface area contributed by atoms with Crippen LogP contribution in [0.1, 0.15) is 30.1 Å². The Bertz CT molecular complexity index is 792. The summed E-state index contributed by atoms with van der Waals surface area (Å²) in [5.74, 6) is -0.590. The molecular weight excluding hydrogens is 370 g/mol. The Hall–Kier alpha value is -3.06. The number of benzene rings is 2. The standard InChI is InChI=1S/C19H20ClN3O4/c1-2-3-17(24)21-15-8-4-13(5-9-15)19(26)23-22-18(25)12-27-16-10-6-14(20)7-11-16/h4-11H,2-3,12H2,1H3,(H,21,24)(H,22,25)(H,23,26). The van der Waals surface area contributed by atoms with Crippen molar-refractivity contribution in [1.29, 1.82) is 0 Å². The second-order valence-electron chi connectivity index (χ2n) is 5.62. The monoisotopic (exact) mass is 389 g/mol. The average molecular weight is 390 g/mol. The first-order valence-corrected chi connectivity index (χ1v) is 8.73. The smallest absolute Gasteiger partial charge is 0.276 e. The van der Waals surface area contributed by atoms with Gasteiger partial charge in [-0.2, -0.15) is 0 Å². The molecule has 0 aromatic heterocycles. The van der Waals surface area contributed by atoms with Gasteiger partial charge in [-0.15, -0.1) is 0 Å². The number of nitrogens with one attached hydrogen (secondary N) is 3. The molecule has 0 atom stereocenters. The Kier molecular flexibility index (Phi) is 7.63. The van der Waals surface area contributed by atoms with E-state index in [-0.39, 0.29) is 12.5 Å². The van der Waals surface area contributed by atoms with E-state index in [1.54, 1.807) is 48.5 Å². The quantitative estimate of drug-likeness (QED) is 0.634. The number of ether oxygens (including phenoxy) is 1. The zero-order valence-corrected chi connectivity index (χ0v) is 15.5. The molecule has 142 valence electrons. The molecule has 3 N–H and O–H groups in total. The van der Waals surface area contributed by atoms with Crippen LogP contribution in [0.2, 0.25) is 5.02 Å². The van der Waals surface area contributed by atoms with Gasteiger partial charge in [0.2, 0.25) is 5.91 Å². The number of anilines is 1. The largest absolute Gasteiger partial charge is 0.484 e. The molecule has 0 aliphatic rings. The van der Waals surface area contributed by atoms with Gasteiger partial charge in [-0.25, -0.2) is 0 Å². The molecule has 7 nitrogen and oxygen atoms in total. The SMILES string of the molecule is CCCC(=O)Nc1ccc(C(=O)NNC(=O)COc2ccc(Cl)cc2)cc1. The third-order valence-corrected chi connectivity index (χ3v) is 3.66. The van der Waals surface area contributed by atoms with Gasteiger partial charge in [-0.3, -0.25) is 25.2 Å². The van der Waals surface area contributed by atoms with E-state index in [0.29, 0.717) is 28.4 Å². The summed E-state index contributed by atoms with van der Waals surface area (Å²) in [7, 11) is 0. The van der Waals surface area contributed by atoms with Crippen LogP contribution < -0.4 is 20.9 Å². The fourth-order valence-corrected chi connectivity index (χ4v) is 2.20. The van der Waals surface area contributed by atoms with Crippen LogP contribution in [-0.2, 0) is 9.59 Å². The van der Waals surface area contributed by atoms with Crippen molar-refractivity contribution in [3.05, 3.63) is 59.1 Å². The van der Waals surface area contributed by atoms with Crippen molar-refractivity contribution < 1.29 is 19.1 Å². The molecular formula is C19H20ClN3O4. The highest BCUT2D eigenvalue weighted by molar-refractivity contribution is 6.30. The molecule has 0 saturated carbocycles. The number of carbonyl (C=O) groups is 3. The third kappa shape index (κ3) is 6.99. The molecule has 8 heteroatoms. The predicted molar refractivity (Wildman–Crippen MR) is 103 cm³/mol. The van der Waals surface area contributed by atoms with Gasteiger partial charge >= 0.3 is 0 Å². The first kappa shape index (κ1) is 20.3. The topological polar surface area (TPSA) is 96.5 Å². The van der Waals surface area contributed by atoms with Gasteiger partial charge in [0.05, 0.1) is 0 Å². The van der Waals surface area contributed by atoms with Gasteiger partial charge in [0.25, 0.3) is 11.8 Å². The molecule has 2 aromatic carbocycles. The summed E-state index contributed by atoms with van der Waals surface area (Å²) in [4.78, 5) is 35.3. The van der Waals surface area contributed by atoms with E-state index in [0.717, 1.165) is 6.42 Å². The van der Waals surface area contributed by atoms with E-state index < -0.39 is 11.8 Å². The van der Waals surface area contributed by atoms with Crippen molar-refractivity contribution in [1.82, 2.24) is 10.9 Å². The van der Waals surface area contributed by atoms with Gasteiger partial charge < -0.3 is 10.1 Å². The van der Waals surface area contributed by atoms with Crippen LogP contribution in [0.25, 0.3) is 0 Å². The molecule has 0 fully saturated rings. The molecule has 27 heavy (non-hydrogen) atoms. The maximum absolute atomic E-state index is 12.0. The van der Waals surface area contributed by atoms with E-state index >= 15 is 0 Å². The maximum atomic E-state index is 12.0. The Morgan fingerprint density at radius 2 is 1.59 bits per heavy atom. The fourth-order valence-electron chi connectivity index (χ4n) is 2.07. The molecule has 0 saturated heterocycles. The van der Waals surface area contributed by atoms with E-state index in [2.05, 4.69) is 16.2 Å². The highest BCUT2D eigenvalue weighted by atomic mass is 35.5. The first-order valence-electron chi connectivity index (χ1n) is 8.35. The summed E-state index contributed by atoms with van der Waals surface area (Å²) >= 11 is 5.76. The van der Waals surface area contributed by atoms with Crippen LogP contribution >= 0.6 is 11.6 Å². The zero-order valence-electron chi connectivity index (χ0n) is 14.8. The van der Waals surface area contributed by atoms with E-state index in [1.165, 1.54) is 0 Å². The molecule has 3 amide bonds. The lowest BCUT2D eigenvalue weighted by Crippen LogP contribution is -2.43. The first-order chi connectivity index (χ1) is 13.0. The second kappa shape index (κ2) is 10.2. The van der Waals surface area contributed by atoms with Gasteiger partial charge in [-0.1, -0.05) is 18.5 Å². The highest BCUT2D eigenvalue weighted by Crippen LogP contribution is 2.15. The van der Waals surface area contributed by atoms with E-state index in [9.17, 15) is 14.4 Å². The predicted octanol–water partition coefficient (Wildman–Crippen LogP) is 2.92. The number of halogens is 1. The Labute approximate surface area is 162 Å². The fraction of sp³-hybridized carbons (Fsp3) is 0.211. The number of amides is 3. The van der Waals surface area contributed by atoms with Gasteiger partial charge in [0.15, 0.2) is 6.61 Å². The van der Waals surface area contributed by atoms with Crippen LogP contribution in [0.15, 0.2) is 48.5 Å². The third-order valence-electron chi connectivity index (χ3n) is 3.41. The molecule has 0 heterocycles. The average Bonchev–Trinajstić information content (AvgIpc) is 2.66. The summed E-state index contributed by atoms with van der Waals surface area (Å²) in [5, 5.41) is 3.29. The van der Waals surface area contributed by atoms with Crippen LogP contribution in [0.4, 0.5) is 5.69 Å². The Morgan fingerprint density at radius 1 is 0.926 bits per heavy atom. The van der Waals surface area contributed by atoms with E-state index in [4.69, 9.17) is 16.3 Å². The second-order valence-corrected chi connectivity index (χ2v) is 6.06. The summed E-state index contributed by atoms with van der Waals surface area (Å²) in [6.07, 6.45) is 1.19. The van der Waals surface area contributed by atoms with Crippen molar-refractivity contribution in [2.45, 2.75) is 19.8 Å². The molecule has 2 aromatic rings. The molecule has 0 spiro atoms. The van der Waals surface area contributed by atoms with Crippen molar-refractivity contribution in [3.8, 4) is 5.75 Å². The lowest BCUT2D eigenvalue weighted by molar-refractivity contribution is -0.123. The number of hydrogen-bond acceptors (Lipinski definition) is 4. The summed E-state index contributed by atoms with van der Waals surface area (Å²) in [6.45, 7) is 1.66. The van der Waals surface area contributed by atoms with Gasteiger partial charge in [0.1, 0.15) is 5.75 Å². The van der Waals surface area contributed by atoms with Crippen LogP contribution in [-0.4, -0.2) is 24.3 Å². The molecule has 0 bridgehead atoms. The lowest BCUT2D eigenvalue weighted by atomic mass is 10.2. The molecule has 0 radical (unpaired) electrons. The summed E-state index contributed by atoms with van der Waals surface area (Å²) in [6, 6.07) is 12.9. The molecule has 0 aliphatic carbocycles. The minimum Gasteiger partial charge on any atom is -0.484 e. The number of carbonyl (C=O) groups excluding carboxylic acids is 3. The maximum Gasteiger partial charge on any atom is 0.276 e. The number of hydrogen-bond donors (Lipinski definition) is 3. The van der Waals surface area contributed by atoms with E-state index in [1.807, 2.05) is 6.92 Å². The van der Waals surface area contributed by atoms with Crippen molar-refractivity contribution in [2.75, 3.05) is 11.9 Å². The minimum absolute atomic E-state index is 0.0809. The lowest BCUT2D eigenvalue weighted by Gasteiger charge is -2.09. The Balaban J connectivity index is 1.76. The van der Waals surface area contributed by atoms with Crippen molar-refractivity contribution in [2.24, 2.45) is 0 Å². The minimum atomic E-state index is -0.512. The van der Waals surface area contributed by atoms with Crippen molar-refractivity contribution >= 4 is 35.0 Å². The van der Waals surface area contributed by atoms with Gasteiger partial charge in [-0.05, 0) is 55.0 Å².